The normalized spacial score (nSPS) is 12.1. The first kappa shape index (κ1) is 13.4. The predicted octanol–water partition coefficient (Wildman–Crippen LogP) is 3.50. The Kier molecular flexibility index (Phi) is 7.04. The zero-order chi connectivity index (χ0) is 10.3. The number of hydrogen-bond acceptors (Lipinski definition) is 1. The van der Waals surface area contributed by atoms with Crippen molar-refractivity contribution in [2.45, 2.75) is 38.9 Å². The van der Waals surface area contributed by atoms with E-state index in [1.54, 1.807) is 0 Å². The summed E-state index contributed by atoms with van der Waals surface area (Å²) >= 11 is 6.02. The van der Waals surface area contributed by atoms with Crippen LogP contribution < -0.4 is 0 Å². The van der Waals surface area contributed by atoms with Crippen LogP contribution in [0, 0.1) is 0 Å². The van der Waals surface area contributed by atoms with Crippen molar-refractivity contribution < 1.29 is 4.43 Å². The van der Waals surface area contributed by atoms with Gasteiger partial charge in [-0.15, -0.1) is 6.58 Å². The van der Waals surface area contributed by atoms with Gasteiger partial charge in [0.05, 0.1) is 0 Å². The van der Waals surface area contributed by atoms with Crippen LogP contribution in [0.15, 0.2) is 12.3 Å². The summed E-state index contributed by atoms with van der Waals surface area (Å²) in [6, 6.07) is 3.59. The van der Waals surface area contributed by atoms with E-state index < -0.39 is 16.4 Å². The molecule has 0 N–H and O–H groups in total. The summed E-state index contributed by atoms with van der Waals surface area (Å²) in [7, 11) is -2.35. The van der Waals surface area contributed by atoms with Crippen LogP contribution in [0.5, 0.6) is 0 Å². The van der Waals surface area contributed by atoms with Crippen LogP contribution in [0.25, 0.3) is 0 Å². The first-order chi connectivity index (χ1) is 6.14. The van der Waals surface area contributed by atoms with Gasteiger partial charge >= 0.3 is 0 Å². The highest BCUT2D eigenvalue weighted by Gasteiger charge is 2.29. The first-order valence-electron chi connectivity index (χ1n) is 4.91. The van der Waals surface area contributed by atoms with Gasteiger partial charge < -0.3 is 4.43 Å². The molecule has 0 aliphatic carbocycles. The minimum atomic E-state index is -1.40. The Hall–Kier alpha value is 0.424. The topological polar surface area (TPSA) is 9.23 Å². The van der Waals surface area contributed by atoms with Gasteiger partial charge in [0.15, 0.2) is 8.32 Å². The second kappa shape index (κ2) is 6.82. The van der Waals surface area contributed by atoms with Crippen molar-refractivity contribution in [3.8, 4) is 0 Å². The van der Waals surface area contributed by atoms with E-state index in [0.29, 0.717) is 0 Å². The molecule has 0 aliphatic heterocycles. The van der Waals surface area contributed by atoms with E-state index >= 15 is 0 Å². The molecule has 0 bridgehead atoms. The third-order valence-corrected chi connectivity index (χ3v) is 9.24. The molecule has 0 atom stereocenters. The summed E-state index contributed by atoms with van der Waals surface area (Å²) in [5.74, 6) is 0. The highest BCUT2D eigenvalue weighted by molar-refractivity contribution is 7.10. The van der Waals surface area contributed by atoms with Gasteiger partial charge in [-0.2, -0.15) is 11.1 Å². The van der Waals surface area contributed by atoms with E-state index in [-0.39, 0.29) is 0 Å². The van der Waals surface area contributed by atoms with Crippen molar-refractivity contribution in [1.82, 2.24) is 0 Å². The molecule has 1 radical (unpaired) electrons. The van der Waals surface area contributed by atoms with Crippen LogP contribution in [0.2, 0.25) is 18.1 Å². The molecule has 77 valence electrons. The second-order valence-electron chi connectivity index (χ2n) is 3.18. The number of hydrogen-bond donors (Lipinski definition) is 0. The SMILES string of the molecule is C=C[Si](Cl)CO[Si](CC)(CC)CC. The highest BCUT2D eigenvalue weighted by atomic mass is 35.6. The summed E-state index contributed by atoms with van der Waals surface area (Å²) in [4.78, 5) is 0. The Morgan fingerprint density at radius 3 is 2.08 bits per heavy atom. The highest BCUT2D eigenvalue weighted by Crippen LogP contribution is 2.21. The van der Waals surface area contributed by atoms with Crippen LogP contribution in [0.4, 0.5) is 0 Å². The standard InChI is InChI=1S/C9H20ClOSi2/c1-5-12(10)9-11-13(6-2,7-3)8-4/h5H,1,6-9H2,2-4H3. The van der Waals surface area contributed by atoms with Gasteiger partial charge in [0.1, 0.15) is 0 Å². The van der Waals surface area contributed by atoms with Gasteiger partial charge in [-0.1, -0.05) is 26.5 Å². The van der Waals surface area contributed by atoms with Gasteiger partial charge in [-0.05, 0) is 18.1 Å². The van der Waals surface area contributed by atoms with Crippen molar-refractivity contribution >= 4 is 27.5 Å². The quantitative estimate of drug-likeness (QED) is 0.485. The van der Waals surface area contributed by atoms with E-state index in [1.807, 2.05) is 5.70 Å². The van der Waals surface area contributed by atoms with Crippen molar-refractivity contribution in [3.05, 3.63) is 12.3 Å². The molecule has 0 spiro atoms. The predicted molar refractivity (Wildman–Crippen MR) is 65.0 cm³/mol. The largest absolute Gasteiger partial charge is 0.418 e. The van der Waals surface area contributed by atoms with E-state index in [4.69, 9.17) is 15.5 Å². The molecular weight excluding hydrogens is 216 g/mol. The smallest absolute Gasteiger partial charge is 0.217 e. The molecule has 0 saturated heterocycles. The summed E-state index contributed by atoms with van der Waals surface area (Å²) in [6.45, 7) is 10.4. The molecule has 0 saturated carbocycles. The molecule has 0 amide bonds. The zero-order valence-corrected chi connectivity index (χ0v) is 11.7. The maximum Gasteiger partial charge on any atom is 0.217 e. The van der Waals surface area contributed by atoms with Gasteiger partial charge in [0, 0.05) is 6.23 Å². The molecule has 1 nitrogen and oxygen atoms in total. The van der Waals surface area contributed by atoms with Crippen LogP contribution in [0.1, 0.15) is 20.8 Å². The molecule has 0 heterocycles. The molecule has 0 aromatic carbocycles. The van der Waals surface area contributed by atoms with E-state index in [9.17, 15) is 0 Å². The van der Waals surface area contributed by atoms with Crippen molar-refractivity contribution in [2.75, 3.05) is 6.23 Å². The van der Waals surface area contributed by atoms with Gasteiger partial charge in [0.2, 0.25) is 8.11 Å². The Morgan fingerprint density at radius 1 is 1.31 bits per heavy atom. The molecule has 0 aromatic rings. The van der Waals surface area contributed by atoms with E-state index in [2.05, 4.69) is 27.4 Å². The second-order valence-corrected chi connectivity index (χ2v) is 11.0. The molecule has 0 rings (SSSR count). The Morgan fingerprint density at radius 2 is 1.77 bits per heavy atom. The molecule has 4 heteroatoms. The zero-order valence-electron chi connectivity index (χ0n) is 8.90. The minimum absolute atomic E-state index is 0.734. The van der Waals surface area contributed by atoms with Gasteiger partial charge in [-0.25, -0.2) is 0 Å². The molecular formula is C9H20ClOSi2. The first-order valence-corrected chi connectivity index (χ1v) is 10.2. The molecule has 0 fully saturated rings. The summed E-state index contributed by atoms with van der Waals surface area (Å²) in [5, 5.41) is 0. The van der Waals surface area contributed by atoms with Gasteiger partial charge in [-0.3, -0.25) is 0 Å². The summed E-state index contributed by atoms with van der Waals surface area (Å²) < 4.78 is 6.01. The van der Waals surface area contributed by atoms with Crippen LogP contribution in [0.3, 0.4) is 0 Å². The third-order valence-electron chi connectivity index (χ3n) is 2.67. The molecule has 0 unspecified atom stereocenters. The lowest BCUT2D eigenvalue weighted by molar-refractivity contribution is 0.363. The molecule has 13 heavy (non-hydrogen) atoms. The Balaban J connectivity index is 4.02. The summed E-state index contributed by atoms with van der Waals surface area (Å²) in [6.07, 6.45) is 0.734. The van der Waals surface area contributed by atoms with Crippen LogP contribution >= 0.6 is 11.1 Å². The van der Waals surface area contributed by atoms with Crippen LogP contribution in [-0.4, -0.2) is 22.7 Å². The fourth-order valence-corrected chi connectivity index (χ4v) is 5.83. The maximum atomic E-state index is 6.02. The summed E-state index contributed by atoms with van der Waals surface area (Å²) in [5.41, 5.74) is 1.84. The average Bonchev–Trinajstić information content (AvgIpc) is 2.20. The third kappa shape index (κ3) is 4.45. The fraction of sp³-hybridized carbons (Fsp3) is 0.778. The Bertz CT molecular complexity index is 140. The molecule has 0 aromatic heterocycles. The van der Waals surface area contributed by atoms with E-state index in [1.165, 1.54) is 18.1 Å². The lowest BCUT2D eigenvalue weighted by atomic mass is 10.9. The van der Waals surface area contributed by atoms with Crippen molar-refractivity contribution in [2.24, 2.45) is 0 Å². The number of rotatable bonds is 7. The molecule has 0 aliphatic rings. The Labute approximate surface area is 89.6 Å². The number of halogens is 1. The minimum Gasteiger partial charge on any atom is -0.418 e. The lowest BCUT2D eigenvalue weighted by Gasteiger charge is -2.28. The maximum absolute atomic E-state index is 6.02. The fourth-order valence-electron chi connectivity index (χ4n) is 1.34. The lowest BCUT2D eigenvalue weighted by Crippen LogP contribution is -2.38. The van der Waals surface area contributed by atoms with Gasteiger partial charge in [0.25, 0.3) is 0 Å². The monoisotopic (exact) mass is 235 g/mol. The van der Waals surface area contributed by atoms with E-state index in [0.717, 1.165) is 6.23 Å². The van der Waals surface area contributed by atoms with Crippen LogP contribution in [-0.2, 0) is 4.43 Å². The van der Waals surface area contributed by atoms with Crippen molar-refractivity contribution in [1.29, 1.82) is 0 Å². The average molecular weight is 236 g/mol. The van der Waals surface area contributed by atoms with Crippen molar-refractivity contribution in [3.63, 3.8) is 0 Å².